The second kappa shape index (κ2) is 10.4. The Morgan fingerprint density at radius 1 is 0.432 bits per heavy atom. The van der Waals surface area contributed by atoms with Gasteiger partial charge in [0.15, 0.2) is 0 Å². The maximum absolute atomic E-state index is 2.45. The molecule has 0 aliphatic carbocycles. The molecular formula is C40H26N2S2. The lowest BCUT2D eigenvalue weighted by Crippen LogP contribution is -2.09. The fourth-order valence-electron chi connectivity index (χ4n) is 6.41. The molecule has 7 aromatic carbocycles. The summed E-state index contributed by atoms with van der Waals surface area (Å²) in [5.41, 5.74) is 7.02. The van der Waals surface area contributed by atoms with Crippen LogP contribution >= 0.6 is 23.5 Å². The Bertz CT molecular complexity index is 2300. The van der Waals surface area contributed by atoms with Gasteiger partial charge >= 0.3 is 0 Å². The zero-order valence-electron chi connectivity index (χ0n) is 23.7. The van der Waals surface area contributed by atoms with Gasteiger partial charge in [-0.1, -0.05) is 102 Å². The summed E-state index contributed by atoms with van der Waals surface area (Å²) in [6.07, 6.45) is 0. The Labute approximate surface area is 264 Å². The molecule has 2 nitrogen and oxygen atoms in total. The molecule has 0 fully saturated rings. The minimum atomic E-state index is 1.14. The molecule has 0 amide bonds. The van der Waals surface area contributed by atoms with Gasteiger partial charge in [0.2, 0.25) is 0 Å². The first-order valence-corrected chi connectivity index (χ1v) is 16.4. The molecule has 4 heteroatoms. The Balaban J connectivity index is 1.34. The van der Waals surface area contributed by atoms with Crippen molar-refractivity contribution in [2.75, 3.05) is 4.90 Å². The molecule has 44 heavy (non-hydrogen) atoms. The van der Waals surface area contributed by atoms with E-state index < -0.39 is 0 Å². The highest BCUT2D eigenvalue weighted by Gasteiger charge is 2.24. The van der Waals surface area contributed by atoms with Crippen molar-refractivity contribution in [3.63, 3.8) is 0 Å². The molecule has 208 valence electrons. The quantitative estimate of drug-likeness (QED) is 0.199. The van der Waals surface area contributed by atoms with Gasteiger partial charge in [-0.15, -0.1) is 0 Å². The van der Waals surface area contributed by atoms with Crippen molar-refractivity contribution in [1.29, 1.82) is 0 Å². The predicted molar refractivity (Wildman–Crippen MR) is 188 cm³/mol. The van der Waals surface area contributed by atoms with Crippen molar-refractivity contribution >= 4 is 73.2 Å². The number of hydrogen-bond donors (Lipinski definition) is 0. The average molecular weight is 599 g/mol. The second-order valence-corrected chi connectivity index (χ2v) is 13.1. The SMILES string of the molecule is c1ccc(N(c2ccccc2)c2ccc3c(c2)c2c4c(ccc2n3-c2ccc3ccccc3c2)Sc2ccccc2S4)cc1. The van der Waals surface area contributed by atoms with E-state index in [4.69, 9.17) is 0 Å². The van der Waals surface area contributed by atoms with Gasteiger partial charge in [-0.25, -0.2) is 0 Å². The number of benzene rings is 7. The zero-order chi connectivity index (χ0) is 29.0. The Morgan fingerprint density at radius 3 is 1.82 bits per heavy atom. The molecule has 1 aliphatic rings. The summed E-state index contributed by atoms with van der Waals surface area (Å²) < 4.78 is 2.45. The van der Waals surface area contributed by atoms with Crippen molar-refractivity contribution in [2.24, 2.45) is 0 Å². The first-order chi connectivity index (χ1) is 21.8. The largest absolute Gasteiger partial charge is 0.310 e. The fraction of sp³-hybridized carbons (Fsp3) is 0. The smallest absolute Gasteiger partial charge is 0.0553 e. The van der Waals surface area contributed by atoms with E-state index in [2.05, 4.69) is 167 Å². The predicted octanol–water partition coefficient (Wildman–Crippen LogP) is 12.0. The molecule has 0 atom stereocenters. The first kappa shape index (κ1) is 25.6. The summed E-state index contributed by atoms with van der Waals surface area (Å²) in [7, 11) is 0. The van der Waals surface area contributed by atoms with Crippen LogP contribution in [0, 0.1) is 0 Å². The van der Waals surface area contributed by atoms with Crippen LogP contribution in [-0.2, 0) is 0 Å². The van der Waals surface area contributed by atoms with Crippen LogP contribution in [0.4, 0.5) is 17.1 Å². The van der Waals surface area contributed by atoms with Crippen molar-refractivity contribution in [3.8, 4) is 5.69 Å². The van der Waals surface area contributed by atoms with Gasteiger partial charge in [-0.3, -0.25) is 0 Å². The van der Waals surface area contributed by atoms with E-state index in [0.29, 0.717) is 0 Å². The van der Waals surface area contributed by atoms with Crippen LogP contribution in [0.2, 0.25) is 0 Å². The molecule has 0 spiro atoms. The number of aromatic nitrogens is 1. The molecule has 1 aromatic heterocycles. The van der Waals surface area contributed by atoms with Crippen molar-refractivity contribution in [1.82, 2.24) is 4.57 Å². The van der Waals surface area contributed by atoms with Gasteiger partial charge in [0, 0.05) is 53.1 Å². The second-order valence-electron chi connectivity index (χ2n) is 11.0. The monoisotopic (exact) mass is 598 g/mol. The molecule has 0 radical (unpaired) electrons. The first-order valence-electron chi connectivity index (χ1n) is 14.8. The summed E-state index contributed by atoms with van der Waals surface area (Å²) in [5.74, 6) is 0. The maximum Gasteiger partial charge on any atom is 0.0553 e. The van der Waals surface area contributed by atoms with Crippen LogP contribution in [0.3, 0.4) is 0 Å². The van der Waals surface area contributed by atoms with Crippen LogP contribution in [-0.4, -0.2) is 4.57 Å². The van der Waals surface area contributed by atoms with Gasteiger partial charge in [0.25, 0.3) is 0 Å². The van der Waals surface area contributed by atoms with Crippen LogP contribution in [0.5, 0.6) is 0 Å². The summed E-state index contributed by atoms with van der Waals surface area (Å²) in [6.45, 7) is 0. The summed E-state index contributed by atoms with van der Waals surface area (Å²) in [5, 5.41) is 5.06. The third-order valence-corrected chi connectivity index (χ3v) is 11.0. The van der Waals surface area contributed by atoms with E-state index in [9.17, 15) is 0 Å². The van der Waals surface area contributed by atoms with Crippen molar-refractivity contribution in [3.05, 3.63) is 158 Å². The minimum absolute atomic E-state index is 1.14. The number of rotatable bonds is 4. The molecule has 8 aromatic rings. The molecule has 0 saturated carbocycles. The lowest BCUT2D eigenvalue weighted by Gasteiger charge is -2.25. The molecule has 9 rings (SSSR count). The summed E-state index contributed by atoms with van der Waals surface area (Å²) >= 11 is 3.77. The number of fused-ring (bicyclic) bond motifs is 7. The Kier molecular flexibility index (Phi) is 6.03. The fourth-order valence-corrected chi connectivity index (χ4v) is 8.82. The number of hydrogen-bond acceptors (Lipinski definition) is 3. The van der Waals surface area contributed by atoms with Crippen molar-refractivity contribution < 1.29 is 0 Å². The highest BCUT2D eigenvalue weighted by Crippen LogP contribution is 2.53. The van der Waals surface area contributed by atoms with Crippen LogP contribution < -0.4 is 4.90 Å². The van der Waals surface area contributed by atoms with Crippen LogP contribution in [0.15, 0.2) is 177 Å². The van der Waals surface area contributed by atoms with Crippen LogP contribution in [0.1, 0.15) is 0 Å². The molecule has 0 saturated heterocycles. The topological polar surface area (TPSA) is 8.17 Å². The van der Waals surface area contributed by atoms with Gasteiger partial charge in [0.1, 0.15) is 0 Å². The molecule has 2 heterocycles. The molecule has 0 N–H and O–H groups in total. The normalized spacial score (nSPS) is 12.4. The Hall–Kier alpha value is -4.90. The minimum Gasteiger partial charge on any atom is -0.310 e. The standard InChI is InChI=1S/C40H26N2S2/c1-3-13-29(14-4-1)41(30-15-5-2-6-16-30)32-21-22-34-33(26-32)39-35(42(34)31-20-19-27-11-7-8-12-28(27)25-31)23-24-38-40(39)44-37-18-10-9-17-36(37)43-38/h1-26H. The van der Waals surface area contributed by atoms with E-state index >= 15 is 0 Å². The number of para-hydroxylation sites is 2. The molecular weight excluding hydrogens is 573 g/mol. The maximum atomic E-state index is 2.45. The number of nitrogens with zero attached hydrogens (tertiary/aromatic N) is 2. The van der Waals surface area contributed by atoms with Crippen molar-refractivity contribution in [2.45, 2.75) is 19.6 Å². The third kappa shape index (κ3) is 4.14. The van der Waals surface area contributed by atoms with E-state index in [0.717, 1.165) is 17.1 Å². The average Bonchev–Trinajstić information content (AvgIpc) is 3.42. The number of anilines is 3. The Morgan fingerprint density at radius 2 is 1.07 bits per heavy atom. The summed E-state index contributed by atoms with van der Waals surface area (Å²) in [4.78, 5) is 7.63. The van der Waals surface area contributed by atoms with Gasteiger partial charge in [-0.2, -0.15) is 0 Å². The van der Waals surface area contributed by atoms with E-state index in [1.54, 1.807) is 0 Å². The van der Waals surface area contributed by atoms with Gasteiger partial charge in [-0.05, 0) is 89.6 Å². The lowest BCUT2D eigenvalue weighted by molar-refractivity contribution is 1.16. The van der Waals surface area contributed by atoms with E-state index in [1.807, 2.05) is 23.5 Å². The summed E-state index contributed by atoms with van der Waals surface area (Å²) in [6, 6.07) is 57.1. The van der Waals surface area contributed by atoms with Gasteiger partial charge in [0.05, 0.1) is 11.0 Å². The molecule has 0 unspecified atom stereocenters. The molecule has 0 bridgehead atoms. The van der Waals surface area contributed by atoms with Gasteiger partial charge < -0.3 is 9.47 Å². The highest BCUT2D eigenvalue weighted by molar-refractivity contribution is 8.05. The third-order valence-electron chi connectivity index (χ3n) is 8.39. The van der Waals surface area contributed by atoms with E-state index in [-0.39, 0.29) is 0 Å². The van der Waals surface area contributed by atoms with Crippen LogP contribution in [0.25, 0.3) is 38.3 Å². The zero-order valence-corrected chi connectivity index (χ0v) is 25.4. The lowest BCUT2D eigenvalue weighted by atomic mass is 10.1. The molecule has 1 aliphatic heterocycles. The van der Waals surface area contributed by atoms with E-state index in [1.165, 1.54) is 57.8 Å². The highest BCUT2D eigenvalue weighted by atomic mass is 32.2.